The summed E-state index contributed by atoms with van der Waals surface area (Å²) in [4.78, 5) is 45.6. The van der Waals surface area contributed by atoms with Crippen LogP contribution in [0.25, 0.3) is 6.08 Å². The largest absolute Gasteiger partial charge is 0.321 e. The third-order valence-electron chi connectivity index (χ3n) is 2.80. The molecule has 0 radical (unpaired) electrons. The fraction of sp³-hybridized carbons (Fsp3) is 0.154. The van der Waals surface area contributed by atoms with Crippen molar-refractivity contribution in [3.63, 3.8) is 0 Å². The van der Waals surface area contributed by atoms with Gasteiger partial charge in [0.25, 0.3) is 5.69 Å². The molecule has 2 rings (SSSR count). The van der Waals surface area contributed by atoms with Crippen molar-refractivity contribution in [2.75, 3.05) is 13.1 Å². The lowest BCUT2D eigenvalue weighted by Crippen LogP contribution is -2.52. The van der Waals surface area contributed by atoms with Gasteiger partial charge in [-0.05, 0) is 12.1 Å². The molecule has 0 unspecified atom stereocenters. The Morgan fingerprint density at radius 3 is 2.48 bits per heavy atom. The maximum Gasteiger partial charge on any atom is 0.276 e. The van der Waals surface area contributed by atoms with E-state index in [0.717, 1.165) is 11.0 Å². The van der Waals surface area contributed by atoms with Crippen LogP contribution >= 0.6 is 0 Å². The second-order valence-corrected chi connectivity index (χ2v) is 4.31. The summed E-state index contributed by atoms with van der Waals surface area (Å²) >= 11 is 0. The van der Waals surface area contributed by atoms with Crippen LogP contribution in [0, 0.1) is 10.1 Å². The zero-order valence-corrected chi connectivity index (χ0v) is 10.8. The van der Waals surface area contributed by atoms with Gasteiger partial charge in [0, 0.05) is 12.1 Å². The van der Waals surface area contributed by atoms with Crippen molar-refractivity contribution in [2.24, 2.45) is 0 Å². The van der Waals surface area contributed by atoms with Crippen LogP contribution in [0.2, 0.25) is 0 Å². The summed E-state index contributed by atoms with van der Waals surface area (Å²) in [6, 6.07) is 5.94. The molecule has 0 spiro atoms. The summed E-state index contributed by atoms with van der Waals surface area (Å²) < 4.78 is 0. The topological polar surface area (TPSA) is 110 Å². The van der Waals surface area contributed by atoms with Gasteiger partial charge in [-0.25, -0.2) is 0 Å². The molecule has 3 amide bonds. The Bertz CT molecular complexity index is 637. The van der Waals surface area contributed by atoms with E-state index in [4.69, 9.17) is 0 Å². The van der Waals surface area contributed by atoms with Gasteiger partial charge in [0.1, 0.15) is 13.1 Å². The van der Waals surface area contributed by atoms with E-state index in [9.17, 15) is 24.5 Å². The van der Waals surface area contributed by atoms with Gasteiger partial charge in [-0.3, -0.25) is 29.8 Å². The first-order valence-corrected chi connectivity index (χ1v) is 6.00. The van der Waals surface area contributed by atoms with Crippen LogP contribution < -0.4 is 5.32 Å². The van der Waals surface area contributed by atoms with Crippen molar-refractivity contribution in [2.45, 2.75) is 0 Å². The SMILES string of the molecule is O=C1CN(C(=O)C=Cc2ccccc2[N+](=O)[O-])CC(=O)N1. The van der Waals surface area contributed by atoms with Crippen molar-refractivity contribution in [3.8, 4) is 0 Å². The van der Waals surface area contributed by atoms with Crippen LogP contribution in [0.3, 0.4) is 0 Å². The minimum absolute atomic E-state index is 0.131. The van der Waals surface area contributed by atoms with E-state index in [1.807, 2.05) is 0 Å². The molecular weight excluding hydrogens is 278 g/mol. The maximum atomic E-state index is 11.9. The van der Waals surface area contributed by atoms with Crippen molar-refractivity contribution >= 4 is 29.5 Å². The number of benzene rings is 1. The third-order valence-corrected chi connectivity index (χ3v) is 2.80. The Morgan fingerprint density at radius 2 is 1.86 bits per heavy atom. The molecule has 1 aliphatic rings. The molecule has 1 aromatic rings. The molecule has 0 atom stereocenters. The average molecular weight is 289 g/mol. The summed E-state index contributed by atoms with van der Waals surface area (Å²) in [5.74, 6) is -1.67. The second-order valence-electron chi connectivity index (χ2n) is 4.31. The highest BCUT2D eigenvalue weighted by molar-refractivity contribution is 6.04. The van der Waals surface area contributed by atoms with Gasteiger partial charge in [0.15, 0.2) is 0 Å². The van der Waals surface area contributed by atoms with Gasteiger partial charge in [0.05, 0.1) is 10.5 Å². The Labute approximate surface area is 119 Å². The summed E-state index contributed by atoms with van der Waals surface area (Å²) in [7, 11) is 0. The molecular formula is C13H11N3O5. The highest BCUT2D eigenvalue weighted by Gasteiger charge is 2.25. The monoisotopic (exact) mass is 289 g/mol. The van der Waals surface area contributed by atoms with Gasteiger partial charge in [-0.15, -0.1) is 0 Å². The predicted molar refractivity (Wildman–Crippen MR) is 71.9 cm³/mol. The molecule has 21 heavy (non-hydrogen) atoms. The molecule has 108 valence electrons. The molecule has 0 bridgehead atoms. The van der Waals surface area contributed by atoms with E-state index in [2.05, 4.69) is 5.32 Å². The van der Waals surface area contributed by atoms with E-state index < -0.39 is 22.6 Å². The van der Waals surface area contributed by atoms with Gasteiger partial charge >= 0.3 is 0 Å². The number of nitro groups is 1. The van der Waals surface area contributed by atoms with Crippen LogP contribution in [0.5, 0.6) is 0 Å². The fourth-order valence-corrected chi connectivity index (χ4v) is 1.85. The molecule has 0 saturated carbocycles. The number of hydrogen-bond acceptors (Lipinski definition) is 5. The number of carbonyl (C=O) groups excluding carboxylic acids is 3. The number of nitrogens with one attached hydrogen (secondary N) is 1. The number of amides is 3. The number of rotatable bonds is 3. The van der Waals surface area contributed by atoms with E-state index in [1.54, 1.807) is 6.07 Å². The predicted octanol–water partition coefficient (Wildman–Crippen LogP) is 0.0930. The van der Waals surface area contributed by atoms with Crippen molar-refractivity contribution in [1.29, 1.82) is 0 Å². The van der Waals surface area contributed by atoms with Crippen LogP contribution in [0.4, 0.5) is 5.69 Å². The number of para-hydroxylation sites is 1. The zero-order valence-electron chi connectivity index (χ0n) is 10.8. The van der Waals surface area contributed by atoms with Crippen LogP contribution in [0.1, 0.15) is 5.56 Å². The van der Waals surface area contributed by atoms with Crippen molar-refractivity contribution in [3.05, 3.63) is 46.0 Å². The first-order valence-electron chi connectivity index (χ1n) is 6.00. The molecule has 1 fully saturated rings. The van der Waals surface area contributed by atoms with E-state index >= 15 is 0 Å². The number of nitrogens with zero attached hydrogens (tertiary/aromatic N) is 2. The lowest BCUT2D eigenvalue weighted by molar-refractivity contribution is -0.385. The molecule has 1 saturated heterocycles. The van der Waals surface area contributed by atoms with E-state index in [-0.39, 0.29) is 24.3 Å². The first-order chi connectivity index (χ1) is 9.97. The summed E-state index contributed by atoms with van der Waals surface area (Å²) in [5, 5.41) is 12.9. The Balaban J connectivity index is 2.14. The second kappa shape index (κ2) is 5.95. The van der Waals surface area contributed by atoms with Crippen molar-refractivity contribution in [1.82, 2.24) is 10.2 Å². The number of imide groups is 1. The molecule has 1 aliphatic heterocycles. The Hall–Kier alpha value is -3.03. The lowest BCUT2D eigenvalue weighted by Gasteiger charge is -2.24. The summed E-state index contributed by atoms with van der Waals surface area (Å²) in [5.41, 5.74) is 0.137. The maximum absolute atomic E-state index is 11.9. The number of carbonyl (C=O) groups is 3. The molecule has 8 heteroatoms. The van der Waals surface area contributed by atoms with Gasteiger partial charge < -0.3 is 4.90 Å². The summed E-state index contributed by atoms with van der Waals surface area (Å²) in [6.45, 7) is -0.433. The molecule has 1 heterocycles. The number of piperazine rings is 1. The fourth-order valence-electron chi connectivity index (χ4n) is 1.85. The van der Waals surface area contributed by atoms with Gasteiger partial charge in [-0.2, -0.15) is 0 Å². The quantitative estimate of drug-likeness (QED) is 0.367. The minimum Gasteiger partial charge on any atom is -0.321 e. The lowest BCUT2D eigenvalue weighted by atomic mass is 10.1. The smallest absolute Gasteiger partial charge is 0.276 e. The Kier molecular flexibility index (Phi) is 4.07. The van der Waals surface area contributed by atoms with E-state index in [1.165, 1.54) is 24.3 Å². The Morgan fingerprint density at radius 1 is 1.24 bits per heavy atom. The number of nitro benzene ring substituents is 1. The molecule has 1 N–H and O–H groups in total. The van der Waals surface area contributed by atoms with Crippen LogP contribution in [0.15, 0.2) is 30.3 Å². The van der Waals surface area contributed by atoms with E-state index in [0.29, 0.717) is 0 Å². The summed E-state index contributed by atoms with van der Waals surface area (Å²) in [6.07, 6.45) is 2.39. The number of hydrogen-bond donors (Lipinski definition) is 1. The molecule has 0 aliphatic carbocycles. The normalized spacial score (nSPS) is 15.1. The molecule has 0 aromatic heterocycles. The standard InChI is InChI=1S/C13H11N3O5/c17-11-7-15(8-12(18)14-11)13(19)6-5-9-3-1-2-4-10(9)16(20)21/h1-6H,7-8H2,(H,14,17,18). The molecule has 8 nitrogen and oxygen atoms in total. The molecule has 1 aromatic carbocycles. The van der Waals surface area contributed by atoms with Crippen LogP contribution in [-0.2, 0) is 14.4 Å². The average Bonchev–Trinajstić information content (AvgIpc) is 2.43. The highest BCUT2D eigenvalue weighted by atomic mass is 16.6. The van der Waals surface area contributed by atoms with Gasteiger partial charge in [0.2, 0.25) is 17.7 Å². The minimum atomic E-state index is -0.559. The van der Waals surface area contributed by atoms with Crippen LogP contribution in [-0.4, -0.2) is 40.6 Å². The third kappa shape index (κ3) is 3.50. The zero-order chi connectivity index (χ0) is 15.4. The van der Waals surface area contributed by atoms with Crippen molar-refractivity contribution < 1.29 is 19.3 Å². The first kappa shape index (κ1) is 14.4. The highest BCUT2D eigenvalue weighted by Crippen LogP contribution is 2.19. The van der Waals surface area contributed by atoms with Gasteiger partial charge in [-0.1, -0.05) is 12.1 Å².